The third kappa shape index (κ3) is 5.26. The van der Waals surface area contributed by atoms with E-state index in [9.17, 15) is 9.59 Å². The molecule has 1 aromatic heterocycles. The number of nitrogens with two attached hydrogens (primary N) is 1. The van der Waals surface area contributed by atoms with E-state index in [1.54, 1.807) is 0 Å². The van der Waals surface area contributed by atoms with Crippen molar-refractivity contribution in [3.05, 3.63) is 57.2 Å². The fourth-order valence-electron chi connectivity index (χ4n) is 2.96. The number of hydrogen-bond acceptors (Lipinski definition) is 4. The number of primary amides is 1. The molecule has 0 fully saturated rings. The van der Waals surface area contributed by atoms with Gasteiger partial charge in [0.25, 0.3) is 5.91 Å². The number of aromatic nitrogens is 1. The number of aryl methyl sites for hydroxylation is 1. The zero-order chi connectivity index (χ0) is 21.0. The number of nitrogens with one attached hydrogen (secondary N) is 1. The van der Waals surface area contributed by atoms with Crippen LogP contribution in [0, 0.1) is 26.7 Å². The van der Waals surface area contributed by atoms with E-state index in [0.717, 1.165) is 22.4 Å². The number of thioether (sulfide) groups is 1. The number of amides is 2. The van der Waals surface area contributed by atoms with Gasteiger partial charge < -0.3 is 11.1 Å². The van der Waals surface area contributed by atoms with Crippen molar-refractivity contribution in [2.45, 2.75) is 45.7 Å². The van der Waals surface area contributed by atoms with Crippen molar-refractivity contribution in [1.29, 1.82) is 0 Å². The van der Waals surface area contributed by atoms with Gasteiger partial charge >= 0.3 is 0 Å². The van der Waals surface area contributed by atoms with Gasteiger partial charge in [-0.1, -0.05) is 49.3 Å². The quantitative estimate of drug-likeness (QED) is 0.652. The summed E-state index contributed by atoms with van der Waals surface area (Å²) in [5, 5.41) is 4.22. The SMILES string of the molecule is Cc1nc(SCC(=O)NC(c2ccc(Cl)cc2)C(C)C)c(C(N)=O)c(C)c1C. The van der Waals surface area contributed by atoms with Gasteiger partial charge in [0.05, 0.1) is 17.4 Å². The number of carbonyl (C=O) groups is 2. The number of halogens is 1. The molecule has 2 amide bonds. The first-order valence-electron chi connectivity index (χ1n) is 9.07. The molecule has 7 heteroatoms. The van der Waals surface area contributed by atoms with Crippen LogP contribution in [0.4, 0.5) is 0 Å². The first-order chi connectivity index (χ1) is 13.1. The summed E-state index contributed by atoms with van der Waals surface area (Å²) in [5.41, 5.74) is 9.50. The summed E-state index contributed by atoms with van der Waals surface area (Å²) < 4.78 is 0. The average Bonchev–Trinajstić information content (AvgIpc) is 2.62. The molecule has 0 aliphatic carbocycles. The summed E-state index contributed by atoms with van der Waals surface area (Å²) in [6, 6.07) is 7.33. The number of hydrogen-bond donors (Lipinski definition) is 2. The Morgan fingerprint density at radius 1 is 1.14 bits per heavy atom. The van der Waals surface area contributed by atoms with E-state index in [1.807, 2.05) is 58.9 Å². The van der Waals surface area contributed by atoms with Gasteiger partial charge in [-0.2, -0.15) is 0 Å². The first-order valence-corrected chi connectivity index (χ1v) is 10.4. The monoisotopic (exact) mass is 419 g/mol. The maximum atomic E-state index is 12.6. The molecule has 1 unspecified atom stereocenters. The van der Waals surface area contributed by atoms with Crippen LogP contribution in [-0.2, 0) is 4.79 Å². The summed E-state index contributed by atoms with van der Waals surface area (Å²) in [7, 11) is 0. The fraction of sp³-hybridized carbons (Fsp3) is 0.381. The molecule has 0 saturated heterocycles. The third-order valence-corrected chi connectivity index (χ3v) is 5.99. The first kappa shape index (κ1) is 22.2. The van der Waals surface area contributed by atoms with E-state index >= 15 is 0 Å². The molecule has 2 rings (SSSR count). The molecule has 0 spiro atoms. The highest BCUT2D eigenvalue weighted by Crippen LogP contribution is 2.28. The van der Waals surface area contributed by atoms with Crippen LogP contribution in [0.3, 0.4) is 0 Å². The molecule has 0 aliphatic heterocycles. The van der Waals surface area contributed by atoms with Crippen molar-refractivity contribution in [3.8, 4) is 0 Å². The topological polar surface area (TPSA) is 85.1 Å². The van der Waals surface area contributed by atoms with E-state index in [4.69, 9.17) is 17.3 Å². The van der Waals surface area contributed by atoms with Gasteiger partial charge in [0.15, 0.2) is 0 Å². The van der Waals surface area contributed by atoms with E-state index in [1.165, 1.54) is 11.8 Å². The average molecular weight is 420 g/mol. The van der Waals surface area contributed by atoms with Crippen LogP contribution in [0.25, 0.3) is 0 Å². The predicted octanol–water partition coefficient (Wildman–Crippen LogP) is 4.36. The summed E-state index contributed by atoms with van der Waals surface area (Å²) in [4.78, 5) is 29.0. The molecule has 0 bridgehead atoms. The van der Waals surface area contributed by atoms with Crippen LogP contribution >= 0.6 is 23.4 Å². The van der Waals surface area contributed by atoms with Gasteiger partial charge in [-0.05, 0) is 55.5 Å². The van der Waals surface area contributed by atoms with Crippen LogP contribution in [0.15, 0.2) is 29.3 Å². The van der Waals surface area contributed by atoms with Gasteiger partial charge in [0.1, 0.15) is 5.03 Å². The second-order valence-corrected chi connectivity index (χ2v) is 8.52. The number of benzene rings is 1. The molecule has 3 N–H and O–H groups in total. The summed E-state index contributed by atoms with van der Waals surface area (Å²) in [5.74, 6) is -0.311. The lowest BCUT2D eigenvalue weighted by molar-refractivity contribution is -0.119. The third-order valence-electron chi connectivity index (χ3n) is 4.76. The standard InChI is InChI=1S/C21H26ClN3O2S/c1-11(2)19(15-6-8-16(22)9-7-15)25-17(26)10-28-21-18(20(23)27)13(4)12(3)14(5)24-21/h6-9,11,19H,10H2,1-5H3,(H2,23,27)(H,25,26). The Morgan fingerprint density at radius 2 is 1.75 bits per heavy atom. The highest BCUT2D eigenvalue weighted by molar-refractivity contribution is 8.00. The molecule has 0 radical (unpaired) electrons. The normalized spacial score (nSPS) is 12.1. The summed E-state index contributed by atoms with van der Waals surface area (Å²) in [6.45, 7) is 9.74. The lowest BCUT2D eigenvalue weighted by Crippen LogP contribution is -2.33. The van der Waals surface area contributed by atoms with Crippen molar-refractivity contribution >= 4 is 35.2 Å². The molecule has 1 atom stereocenters. The Labute approximate surface area is 175 Å². The Bertz CT molecular complexity index is 882. The Balaban J connectivity index is 2.15. The molecule has 1 aromatic carbocycles. The van der Waals surface area contributed by atoms with Crippen LogP contribution in [0.1, 0.15) is 52.6 Å². The fourth-order valence-corrected chi connectivity index (χ4v) is 4.04. The van der Waals surface area contributed by atoms with Crippen molar-refractivity contribution in [2.75, 3.05) is 5.75 Å². The van der Waals surface area contributed by atoms with Crippen LogP contribution in [-0.4, -0.2) is 22.6 Å². The molecule has 1 heterocycles. The molecular formula is C21H26ClN3O2S. The second kappa shape index (κ2) is 9.43. The van der Waals surface area contributed by atoms with E-state index in [2.05, 4.69) is 10.3 Å². The molecular weight excluding hydrogens is 394 g/mol. The maximum absolute atomic E-state index is 12.6. The van der Waals surface area contributed by atoms with Gasteiger partial charge in [-0.3, -0.25) is 9.59 Å². The van der Waals surface area contributed by atoms with Gasteiger partial charge in [0.2, 0.25) is 5.91 Å². The minimum atomic E-state index is -0.530. The highest BCUT2D eigenvalue weighted by Gasteiger charge is 2.21. The van der Waals surface area contributed by atoms with E-state index in [0.29, 0.717) is 15.6 Å². The zero-order valence-electron chi connectivity index (χ0n) is 16.8. The molecule has 2 aromatic rings. The smallest absolute Gasteiger partial charge is 0.251 e. The zero-order valence-corrected chi connectivity index (χ0v) is 18.4. The van der Waals surface area contributed by atoms with E-state index < -0.39 is 5.91 Å². The second-order valence-electron chi connectivity index (χ2n) is 7.12. The number of carbonyl (C=O) groups excluding carboxylic acids is 2. The molecule has 150 valence electrons. The largest absolute Gasteiger partial charge is 0.366 e. The van der Waals surface area contributed by atoms with Gasteiger partial charge in [0, 0.05) is 10.7 Å². The van der Waals surface area contributed by atoms with E-state index in [-0.39, 0.29) is 23.6 Å². The predicted molar refractivity (Wildman–Crippen MR) is 115 cm³/mol. The van der Waals surface area contributed by atoms with Crippen molar-refractivity contribution in [3.63, 3.8) is 0 Å². The molecule has 28 heavy (non-hydrogen) atoms. The maximum Gasteiger partial charge on any atom is 0.251 e. The Morgan fingerprint density at radius 3 is 2.29 bits per heavy atom. The van der Waals surface area contributed by atoms with Crippen LogP contribution in [0.2, 0.25) is 5.02 Å². The number of nitrogens with zero attached hydrogens (tertiary/aromatic N) is 1. The minimum Gasteiger partial charge on any atom is -0.366 e. The molecule has 5 nitrogen and oxygen atoms in total. The molecule has 0 saturated carbocycles. The lowest BCUT2D eigenvalue weighted by atomic mass is 9.96. The Hall–Kier alpha value is -2.05. The summed E-state index contributed by atoms with van der Waals surface area (Å²) >= 11 is 7.19. The van der Waals surface area contributed by atoms with Crippen molar-refractivity contribution < 1.29 is 9.59 Å². The molecule has 0 aliphatic rings. The van der Waals surface area contributed by atoms with Gasteiger partial charge in [-0.15, -0.1) is 0 Å². The van der Waals surface area contributed by atoms with Gasteiger partial charge in [-0.25, -0.2) is 4.98 Å². The highest BCUT2D eigenvalue weighted by atomic mass is 35.5. The Kier molecular flexibility index (Phi) is 7.49. The van der Waals surface area contributed by atoms with Crippen molar-refractivity contribution in [2.24, 2.45) is 11.7 Å². The minimum absolute atomic E-state index is 0.129. The van der Waals surface area contributed by atoms with Crippen LogP contribution < -0.4 is 11.1 Å². The van der Waals surface area contributed by atoms with Crippen molar-refractivity contribution in [1.82, 2.24) is 10.3 Å². The lowest BCUT2D eigenvalue weighted by Gasteiger charge is -2.23. The summed E-state index contributed by atoms with van der Waals surface area (Å²) in [6.07, 6.45) is 0. The number of rotatable bonds is 7. The van der Waals surface area contributed by atoms with Crippen LogP contribution in [0.5, 0.6) is 0 Å². The number of pyridine rings is 1.